The maximum absolute atomic E-state index is 3.56. The number of anilines is 5. The van der Waals surface area contributed by atoms with Gasteiger partial charge in [0.1, 0.15) is 0 Å². The van der Waals surface area contributed by atoms with Gasteiger partial charge >= 0.3 is 0 Å². The van der Waals surface area contributed by atoms with Gasteiger partial charge in [-0.1, -0.05) is 344 Å². The maximum atomic E-state index is 3.56. The largest absolute Gasteiger partial charge is 0.356 e. The number of halogens is 1. The van der Waals surface area contributed by atoms with Crippen molar-refractivity contribution >= 4 is 131 Å². The third kappa shape index (κ3) is 13.7. The highest BCUT2D eigenvalue weighted by Crippen LogP contribution is 2.49. The molecule has 117 heavy (non-hydrogen) atoms. The summed E-state index contributed by atoms with van der Waals surface area (Å²) in [5, 5.41) is 18.6. The van der Waals surface area contributed by atoms with Crippen LogP contribution in [0, 0.1) is 0 Å². The second-order valence-electron chi connectivity index (χ2n) is 29.6. The number of para-hydroxylation sites is 6. The van der Waals surface area contributed by atoms with Gasteiger partial charge in [-0.15, -0.1) is 0 Å². The van der Waals surface area contributed by atoms with Crippen molar-refractivity contribution in [3.8, 4) is 78.1 Å². The predicted octanol–water partition coefficient (Wildman–Crippen LogP) is 31.8. The molecule has 2 aromatic heterocycles. The summed E-state index contributed by atoms with van der Waals surface area (Å²) in [6.07, 6.45) is 0. The lowest BCUT2D eigenvalue weighted by Crippen LogP contribution is -2.09. The number of nitrogens with zero attached hydrogens (tertiary/aromatic N) is 3. The van der Waals surface area contributed by atoms with Crippen LogP contribution in [0.3, 0.4) is 0 Å². The lowest BCUT2D eigenvalue weighted by Gasteiger charge is -2.26. The number of benzene rings is 20. The van der Waals surface area contributed by atoms with Gasteiger partial charge < -0.3 is 19.4 Å². The topological polar surface area (TPSA) is 25.1 Å². The summed E-state index contributed by atoms with van der Waals surface area (Å²) < 4.78 is 5.79. The summed E-state index contributed by atoms with van der Waals surface area (Å²) >= 11 is 3.56. The highest BCUT2D eigenvalue weighted by atomic mass is 79.9. The van der Waals surface area contributed by atoms with Crippen LogP contribution in [0.15, 0.2) is 466 Å². The lowest BCUT2D eigenvalue weighted by molar-refractivity contribution is 1.18. The molecule has 0 bridgehead atoms. The average molecular weight is 1560 g/mol. The van der Waals surface area contributed by atoms with E-state index >= 15 is 0 Å². The van der Waals surface area contributed by atoms with E-state index in [-0.39, 0.29) is 0 Å². The number of rotatable bonds is 13. The van der Waals surface area contributed by atoms with Crippen molar-refractivity contribution in [1.82, 2.24) is 9.13 Å². The number of hydrogen-bond donors (Lipinski definition) is 1. The fourth-order valence-corrected chi connectivity index (χ4v) is 17.7. The molecule has 20 aromatic carbocycles. The van der Waals surface area contributed by atoms with Crippen molar-refractivity contribution in [3.05, 3.63) is 466 Å². The molecule has 0 fully saturated rings. The number of aromatic nitrogens is 2. The van der Waals surface area contributed by atoms with Gasteiger partial charge in [0, 0.05) is 65.8 Å². The Morgan fingerprint density at radius 1 is 0.179 bits per heavy atom. The van der Waals surface area contributed by atoms with Crippen molar-refractivity contribution in [1.29, 1.82) is 0 Å². The first kappa shape index (κ1) is 71.2. The normalized spacial score (nSPS) is 11.3. The highest BCUT2D eigenvalue weighted by molar-refractivity contribution is 9.10. The molecule has 0 unspecified atom stereocenters. The summed E-state index contributed by atoms with van der Waals surface area (Å²) in [4.78, 5) is 2.37. The van der Waals surface area contributed by atoms with Gasteiger partial charge in [-0.25, -0.2) is 0 Å². The van der Waals surface area contributed by atoms with Crippen molar-refractivity contribution in [2.75, 3.05) is 10.2 Å². The molecular formula is C112H77BrN4. The Morgan fingerprint density at radius 2 is 0.479 bits per heavy atom. The minimum atomic E-state index is 1.09. The quantitative estimate of drug-likeness (QED) is 0.116. The molecule has 5 heteroatoms. The van der Waals surface area contributed by atoms with Gasteiger partial charge in [0.25, 0.3) is 0 Å². The molecule has 0 spiro atoms. The Bertz CT molecular complexity index is 7340. The highest BCUT2D eigenvalue weighted by Gasteiger charge is 2.23. The van der Waals surface area contributed by atoms with Crippen molar-refractivity contribution in [3.63, 3.8) is 0 Å². The zero-order valence-corrected chi connectivity index (χ0v) is 65.7. The fraction of sp³-hybridized carbons (Fsp3) is 0. The molecule has 0 saturated heterocycles. The Hall–Kier alpha value is -14.9. The molecular weight excluding hydrogens is 1480 g/mol. The number of nitrogens with one attached hydrogen (secondary N) is 1. The Kier molecular flexibility index (Phi) is 19.2. The van der Waals surface area contributed by atoms with E-state index in [0.717, 1.165) is 38.6 Å². The molecule has 4 nitrogen and oxygen atoms in total. The second-order valence-corrected chi connectivity index (χ2v) is 30.5. The van der Waals surface area contributed by atoms with Gasteiger partial charge in [-0.3, -0.25) is 0 Å². The molecule has 0 aliphatic carbocycles. The molecule has 0 aliphatic rings. The predicted molar refractivity (Wildman–Crippen MR) is 503 cm³/mol. The monoisotopic (exact) mass is 1560 g/mol. The molecule has 552 valence electrons. The Morgan fingerprint density at radius 3 is 0.906 bits per heavy atom. The van der Waals surface area contributed by atoms with Crippen molar-refractivity contribution in [2.45, 2.75) is 0 Å². The standard InChI is InChI=1S/C56H38N2.C32H21Br.C24H18N2/c1-5-17-40(18-6-1)55-48-26-13-14-27-49(48)56(41-19-7-2-8-20-41)52-37-42(31-35-50(52)55)39-29-32-45(33-30-39)57(43-21-9-3-10-22-43)46-34-36-54-51(38-46)47-25-15-16-28-53(47)58(54)44-23-11-4-12-24-44;33-26-18-15-22(16-19-26)25-17-20-29-30(21-25)32(24-11-5-2-6-12-24)28-14-8-7-13-27(28)31(29)23-9-3-1-4-10-23;1-3-9-18(10-4-1)25-19-15-16-24-22(17-19)21-13-7-8-14-23(21)26(24)20-11-5-2-6-12-20/h1-38H;1-21H;1-17,25H. The SMILES string of the molecule is Brc1ccc(-c2ccc3c(-c4ccccc4)c4ccccc4c(-c4ccccc4)c3c2)cc1.c1ccc(-c2c3ccccc3c(-c3ccccc3)c3cc(-c4ccc(N(c5ccccc5)c5ccc6c(c5)c5ccccc5n6-c5ccccc5)cc4)ccc23)cc1.c1ccc(Nc2ccc3c(c2)c2ccccc2n3-c2ccccc2)cc1. The molecule has 0 amide bonds. The van der Waals surface area contributed by atoms with Crippen LogP contribution in [0.2, 0.25) is 0 Å². The summed E-state index contributed by atoms with van der Waals surface area (Å²) in [5.74, 6) is 0. The summed E-state index contributed by atoms with van der Waals surface area (Å²) in [5.41, 5.74) is 27.6. The number of fused-ring (bicyclic) bond motifs is 10. The first-order valence-electron chi connectivity index (χ1n) is 39.9. The van der Waals surface area contributed by atoms with Crippen molar-refractivity contribution < 1.29 is 0 Å². The molecule has 0 atom stereocenters. The van der Waals surface area contributed by atoms with Crippen LogP contribution in [0.25, 0.3) is 165 Å². The van der Waals surface area contributed by atoms with Crippen LogP contribution in [0.5, 0.6) is 0 Å². The van der Waals surface area contributed by atoms with Crippen LogP contribution >= 0.6 is 15.9 Å². The van der Waals surface area contributed by atoms with Crippen LogP contribution in [0.1, 0.15) is 0 Å². The number of hydrogen-bond acceptors (Lipinski definition) is 2. The third-order valence-corrected chi connectivity index (χ3v) is 23.2. The molecule has 0 saturated carbocycles. The van der Waals surface area contributed by atoms with E-state index in [1.807, 2.05) is 18.2 Å². The maximum Gasteiger partial charge on any atom is 0.0542 e. The van der Waals surface area contributed by atoms with E-state index in [2.05, 4.69) is 478 Å². The van der Waals surface area contributed by atoms with Crippen LogP contribution in [-0.4, -0.2) is 9.13 Å². The van der Waals surface area contributed by atoms with E-state index in [1.54, 1.807) is 0 Å². The second kappa shape index (κ2) is 31.6. The van der Waals surface area contributed by atoms with Crippen LogP contribution < -0.4 is 10.2 Å². The van der Waals surface area contributed by atoms with Crippen molar-refractivity contribution in [2.24, 2.45) is 0 Å². The minimum absolute atomic E-state index is 1.09. The first-order chi connectivity index (χ1) is 58.0. The van der Waals surface area contributed by atoms with Crippen LogP contribution in [-0.2, 0) is 0 Å². The zero-order valence-electron chi connectivity index (χ0n) is 64.1. The molecule has 22 aromatic rings. The molecule has 0 aliphatic heterocycles. The molecule has 0 radical (unpaired) electrons. The van der Waals surface area contributed by atoms with Gasteiger partial charge in [0.15, 0.2) is 0 Å². The molecule has 1 N–H and O–H groups in total. The van der Waals surface area contributed by atoms with Crippen LogP contribution in [0.4, 0.5) is 28.4 Å². The molecule has 22 rings (SSSR count). The van der Waals surface area contributed by atoms with Gasteiger partial charge in [-0.05, 0) is 243 Å². The van der Waals surface area contributed by atoms with E-state index in [4.69, 9.17) is 0 Å². The van der Waals surface area contributed by atoms with Gasteiger partial charge in [-0.2, -0.15) is 0 Å². The van der Waals surface area contributed by atoms with Gasteiger partial charge in [0.05, 0.1) is 22.1 Å². The Labute approximate surface area is 689 Å². The fourth-order valence-electron chi connectivity index (χ4n) is 17.4. The van der Waals surface area contributed by atoms with Gasteiger partial charge in [0.2, 0.25) is 0 Å². The molecule has 2 heterocycles. The zero-order chi connectivity index (χ0) is 78.0. The average Bonchev–Trinajstić information content (AvgIpc) is 1.61. The van der Waals surface area contributed by atoms with E-state index in [9.17, 15) is 0 Å². The third-order valence-electron chi connectivity index (χ3n) is 22.6. The van der Waals surface area contributed by atoms with E-state index in [0.29, 0.717) is 0 Å². The lowest BCUT2D eigenvalue weighted by atomic mass is 9.85. The minimum Gasteiger partial charge on any atom is -0.356 e. The summed E-state index contributed by atoms with van der Waals surface area (Å²) in [6, 6.07) is 165. The Balaban J connectivity index is 0.000000125. The summed E-state index contributed by atoms with van der Waals surface area (Å²) in [6.45, 7) is 0. The van der Waals surface area contributed by atoms with E-state index < -0.39 is 0 Å². The first-order valence-corrected chi connectivity index (χ1v) is 40.7. The van der Waals surface area contributed by atoms with E-state index in [1.165, 1.54) is 159 Å². The summed E-state index contributed by atoms with van der Waals surface area (Å²) in [7, 11) is 0. The smallest absolute Gasteiger partial charge is 0.0542 e.